The first-order chi connectivity index (χ1) is 16.6. The Labute approximate surface area is 204 Å². The van der Waals surface area contributed by atoms with Crippen LogP contribution in [0.4, 0.5) is 5.69 Å². The summed E-state index contributed by atoms with van der Waals surface area (Å²) in [6.07, 6.45) is 0.855. The minimum atomic E-state index is -0.109. The summed E-state index contributed by atoms with van der Waals surface area (Å²) in [4.78, 5) is 20.7. The van der Waals surface area contributed by atoms with Gasteiger partial charge in [-0.1, -0.05) is 48.9 Å². The Kier molecular flexibility index (Phi) is 6.48. The summed E-state index contributed by atoms with van der Waals surface area (Å²) in [5.41, 5.74) is 5.41. The molecule has 0 radical (unpaired) electrons. The fourth-order valence-corrected chi connectivity index (χ4v) is 4.48. The van der Waals surface area contributed by atoms with Gasteiger partial charge in [-0.15, -0.1) is 0 Å². The number of anilines is 1. The molecule has 4 aromatic rings. The van der Waals surface area contributed by atoms with Crippen LogP contribution in [0, 0.1) is 0 Å². The van der Waals surface area contributed by atoms with E-state index in [2.05, 4.69) is 17.1 Å². The van der Waals surface area contributed by atoms with Gasteiger partial charge in [-0.3, -0.25) is 14.7 Å². The summed E-state index contributed by atoms with van der Waals surface area (Å²) >= 11 is 5.94. The maximum Gasteiger partial charge on any atom is 0.256 e. The van der Waals surface area contributed by atoms with Crippen LogP contribution in [0.5, 0.6) is 5.75 Å². The van der Waals surface area contributed by atoms with Crippen LogP contribution in [0.2, 0.25) is 5.02 Å². The first-order valence-corrected chi connectivity index (χ1v) is 11.9. The number of likely N-dealkylation sites (N-methyl/N-ethyl adjacent to an activating group) is 1. The van der Waals surface area contributed by atoms with E-state index >= 15 is 0 Å². The number of nitrogens with one attached hydrogen (secondary N) is 1. The second-order valence-electron chi connectivity index (χ2n) is 8.44. The fourth-order valence-electron chi connectivity index (χ4n) is 4.35. The third kappa shape index (κ3) is 4.76. The van der Waals surface area contributed by atoms with Gasteiger partial charge in [0, 0.05) is 46.9 Å². The fraction of sp³-hybridized carbons (Fsp3) is 0.214. The third-order valence-corrected chi connectivity index (χ3v) is 6.48. The molecule has 0 fully saturated rings. The molecule has 172 valence electrons. The molecule has 3 aromatic carbocycles. The topological polar surface area (TPSA) is 54.5 Å². The molecular formula is C28H26ClN3O2. The number of hydrogen-bond donors (Lipinski definition) is 1. The Morgan fingerprint density at radius 1 is 1.06 bits per heavy atom. The second kappa shape index (κ2) is 9.84. The Hall–Kier alpha value is -3.41. The summed E-state index contributed by atoms with van der Waals surface area (Å²) in [6, 6.07) is 22.9. The van der Waals surface area contributed by atoms with Gasteiger partial charge < -0.3 is 10.1 Å². The number of ether oxygens (including phenoxy) is 1. The maximum absolute atomic E-state index is 13.5. The number of carbonyl (C=O) groups excluding carboxylic acids is 1. The molecule has 5 rings (SSSR count). The number of amides is 1. The average Bonchev–Trinajstić information content (AvgIpc) is 2.87. The average molecular weight is 472 g/mol. The largest absolute Gasteiger partial charge is 0.489 e. The number of rotatable bonds is 6. The number of hydrogen-bond acceptors (Lipinski definition) is 4. The van der Waals surface area contributed by atoms with Crippen molar-refractivity contribution in [1.29, 1.82) is 0 Å². The molecule has 5 nitrogen and oxygen atoms in total. The molecule has 2 heterocycles. The Bertz CT molecular complexity index is 1320. The SMILES string of the molecule is CCN1CCc2nc3ccccc3c(C(=O)Nc3ccc(OCc4ccc(Cl)cc4)cc3)c2C1. The first-order valence-electron chi connectivity index (χ1n) is 11.5. The van der Waals surface area contributed by atoms with Crippen LogP contribution in [0.3, 0.4) is 0 Å². The zero-order valence-electron chi connectivity index (χ0n) is 19.1. The predicted octanol–water partition coefficient (Wildman–Crippen LogP) is 6.10. The summed E-state index contributed by atoms with van der Waals surface area (Å²) in [5, 5.41) is 4.68. The molecule has 0 aliphatic carbocycles. The zero-order valence-corrected chi connectivity index (χ0v) is 19.8. The number of aromatic nitrogens is 1. The number of para-hydroxylation sites is 1. The zero-order chi connectivity index (χ0) is 23.5. The summed E-state index contributed by atoms with van der Waals surface area (Å²) in [7, 11) is 0. The lowest BCUT2D eigenvalue weighted by Crippen LogP contribution is -2.33. The van der Waals surface area contributed by atoms with Crippen molar-refractivity contribution in [2.45, 2.75) is 26.5 Å². The van der Waals surface area contributed by atoms with Crippen molar-refractivity contribution in [1.82, 2.24) is 9.88 Å². The van der Waals surface area contributed by atoms with Gasteiger partial charge in [0.2, 0.25) is 0 Å². The van der Waals surface area contributed by atoms with Crippen molar-refractivity contribution in [3.63, 3.8) is 0 Å². The number of nitrogens with zero attached hydrogens (tertiary/aromatic N) is 2. The van der Waals surface area contributed by atoms with Gasteiger partial charge in [0.15, 0.2) is 0 Å². The quantitative estimate of drug-likeness (QED) is 0.369. The number of carbonyl (C=O) groups is 1. The van der Waals surface area contributed by atoms with Crippen LogP contribution in [0.1, 0.15) is 34.1 Å². The molecule has 0 saturated carbocycles. The van der Waals surface area contributed by atoms with Gasteiger partial charge in [-0.05, 0) is 54.6 Å². The van der Waals surface area contributed by atoms with Crippen LogP contribution < -0.4 is 10.1 Å². The molecule has 0 saturated heterocycles. The highest BCUT2D eigenvalue weighted by molar-refractivity contribution is 6.30. The molecule has 0 bridgehead atoms. The normalized spacial score (nSPS) is 13.5. The van der Waals surface area contributed by atoms with E-state index in [1.165, 1.54) is 0 Å². The highest BCUT2D eigenvalue weighted by Gasteiger charge is 2.25. The second-order valence-corrected chi connectivity index (χ2v) is 8.88. The van der Waals surface area contributed by atoms with Crippen molar-refractivity contribution >= 4 is 34.1 Å². The van der Waals surface area contributed by atoms with Gasteiger partial charge in [0.1, 0.15) is 12.4 Å². The highest BCUT2D eigenvalue weighted by Crippen LogP contribution is 2.29. The Morgan fingerprint density at radius 2 is 1.82 bits per heavy atom. The van der Waals surface area contributed by atoms with Gasteiger partial charge in [0.05, 0.1) is 11.1 Å². The molecule has 0 spiro atoms. The van der Waals surface area contributed by atoms with E-state index in [0.29, 0.717) is 11.6 Å². The van der Waals surface area contributed by atoms with E-state index < -0.39 is 0 Å². The van der Waals surface area contributed by atoms with Crippen LogP contribution in [-0.4, -0.2) is 28.9 Å². The highest BCUT2D eigenvalue weighted by atomic mass is 35.5. The Morgan fingerprint density at radius 3 is 2.59 bits per heavy atom. The van der Waals surface area contributed by atoms with E-state index in [9.17, 15) is 4.79 Å². The summed E-state index contributed by atoms with van der Waals surface area (Å²) in [6.45, 7) is 5.25. The molecule has 1 aromatic heterocycles. The van der Waals surface area contributed by atoms with Gasteiger partial charge in [-0.25, -0.2) is 0 Å². The summed E-state index contributed by atoms with van der Waals surface area (Å²) in [5.74, 6) is 0.626. The first kappa shape index (κ1) is 22.4. The van der Waals surface area contributed by atoms with Crippen LogP contribution in [-0.2, 0) is 19.6 Å². The molecule has 1 N–H and O–H groups in total. The molecular weight excluding hydrogens is 446 g/mol. The standard InChI is InChI=1S/C28H26ClN3O2/c1-2-32-16-15-26-24(17-32)27(23-5-3-4-6-25(23)31-26)28(33)30-21-11-13-22(14-12-21)34-18-19-7-9-20(29)10-8-19/h3-14H,2,15-18H2,1H3,(H,30,33). The lowest BCUT2D eigenvalue weighted by atomic mass is 9.95. The monoisotopic (exact) mass is 471 g/mol. The minimum Gasteiger partial charge on any atom is -0.489 e. The molecule has 34 heavy (non-hydrogen) atoms. The molecule has 1 aliphatic rings. The summed E-state index contributed by atoms with van der Waals surface area (Å²) < 4.78 is 5.86. The van der Waals surface area contributed by atoms with Crippen molar-refractivity contribution in [2.75, 3.05) is 18.4 Å². The maximum atomic E-state index is 13.5. The van der Waals surface area contributed by atoms with Crippen molar-refractivity contribution < 1.29 is 9.53 Å². The van der Waals surface area contributed by atoms with Crippen LogP contribution in [0.25, 0.3) is 10.9 Å². The number of benzene rings is 3. The molecule has 0 atom stereocenters. The van der Waals surface area contributed by atoms with Gasteiger partial charge >= 0.3 is 0 Å². The molecule has 6 heteroatoms. The van der Waals surface area contributed by atoms with E-state index in [0.717, 1.165) is 70.8 Å². The predicted molar refractivity (Wildman–Crippen MR) is 137 cm³/mol. The van der Waals surface area contributed by atoms with E-state index in [-0.39, 0.29) is 5.91 Å². The van der Waals surface area contributed by atoms with Crippen molar-refractivity contribution in [3.05, 3.63) is 100 Å². The van der Waals surface area contributed by atoms with Crippen LogP contribution in [0.15, 0.2) is 72.8 Å². The smallest absolute Gasteiger partial charge is 0.256 e. The third-order valence-electron chi connectivity index (χ3n) is 6.23. The number of fused-ring (bicyclic) bond motifs is 2. The van der Waals surface area contributed by atoms with Crippen LogP contribution >= 0.6 is 11.6 Å². The van der Waals surface area contributed by atoms with E-state index in [1.54, 1.807) is 0 Å². The molecule has 0 unspecified atom stereocenters. The lowest BCUT2D eigenvalue weighted by molar-refractivity contribution is 0.102. The van der Waals surface area contributed by atoms with Crippen molar-refractivity contribution in [2.24, 2.45) is 0 Å². The molecule has 1 aliphatic heterocycles. The van der Waals surface area contributed by atoms with E-state index in [1.807, 2.05) is 72.8 Å². The number of halogens is 1. The van der Waals surface area contributed by atoms with Gasteiger partial charge in [0.25, 0.3) is 5.91 Å². The molecule has 1 amide bonds. The lowest BCUT2D eigenvalue weighted by Gasteiger charge is -2.29. The van der Waals surface area contributed by atoms with Gasteiger partial charge in [-0.2, -0.15) is 0 Å². The number of pyridine rings is 1. The van der Waals surface area contributed by atoms with Crippen molar-refractivity contribution in [3.8, 4) is 5.75 Å². The minimum absolute atomic E-state index is 0.109. The van der Waals surface area contributed by atoms with E-state index in [4.69, 9.17) is 21.3 Å². The Balaban J connectivity index is 1.36.